The number of rotatable bonds is 5. The molecule has 0 aliphatic heterocycles. The Morgan fingerprint density at radius 2 is 2.11 bits per heavy atom. The highest BCUT2D eigenvalue weighted by Crippen LogP contribution is 2.46. The van der Waals surface area contributed by atoms with Gasteiger partial charge in [-0.25, -0.2) is 0 Å². The molecule has 0 aromatic heterocycles. The Hall–Kier alpha value is -0.250. The fraction of sp³-hybridized carbons (Fsp3) is 0.571. The highest BCUT2D eigenvalue weighted by atomic mass is 79.9. The van der Waals surface area contributed by atoms with Crippen molar-refractivity contribution in [1.29, 1.82) is 0 Å². The van der Waals surface area contributed by atoms with Crippen molar-refractivity contribution in [1.82, 2.24) is 0 Å². The minimum Gasteiger partial charge on any atom is -0.497 e. The summed E-state index contributed by atoms with van der Waals surface area (Å²) in [4.78, 5) is 0.219. The average Bonchev–Trinajstić information content (AvgIpc) is 2.33. The van der Waals surface area contributed by atoms with E-state index in [0.29, 0.717) is 0 Å². The maximum atomic E-state index is 6.29. The third-order valence-corrected chi connectivity index (χ3v) is 4.94. The smallest absolute Gasteiger partial charge is 0.120 e. The molecule has 1 fully saturated rings. The lowest BCUT2D eigenvalue weighted by molar-refractivity contribution is -0.0773. The van der Waals surface area contributed by atoms with Gasteiger partial charge in [-0.05, 0) is 43.4 Å². The van der Waals surface area contributed by atoms with E-state index in [-0.39, 0.29) is 10.4 Å². The molecule has 2 rings (SSSR count). The molecule has 1 atom stereocenters. The summed E-state index contributed by atoms with van der Waals surface area (Å²) >= 11 is 10.0. The molecule has 0 spiro atoms. The van der Waals surface area contributed by atoms with E-state index in [1.54, 1.807) is 14.2 Å². The van der Waals surface area contributed by atoms with E-state index in [1.807, 2.05) is 18.2 Å². The number of methoxy groups -OCH3 is 2. The summed E-state index contributed by atoms with van der Waals surface area (Å²) in [6.07, 6.45) is 4.48. The maximum absolute atomic E-state index is 6.29. The topological polar surface area (TPSA) is 18.5 Å². The minimum absolute atomic E-state index is 0.0391. The lowest BCUT2D eigenvalue weighted by atomic mass is 9.76. The molecule has 18 heavy (non-hydrogen) atoms. The molecule has 0 bridgehead atoms. The highest BCUT2D eigenvalue weighted by molar-refractivity contribution is 9.09. The van der Waals surface area contributed by atoms with Crippen LogP contribution in [0.5, 0.6) is 5.75 Å². The van der Waals surface area contributed by atoms with Crippen LogP contribution in [-0.2, 0) is 4.74 Å². The second-order valence-corrected chi connectivity index (χ2v) is 6.31. The van der Waals surface area contributed by atoms with Crippen molar-refractivity contribution < 1.29 is 9.47 Å². The first-order valence-electron chi connectivity index (χ1n) is 6.13. The van der Waals surface area contributed by atoms with E-state index in [9.17, 15) is 0 Å². The Bertz CT molecular complexity index is 413. The molecule has 1 unspecified atom stereocenters. The normalized spacial score (nSPS) is 19.1. The molecule has 2 nitrogen and oxygen atoms in total. The van der Waals surface area contributed by atoms with Crippen LogP contribution in [0.3, 0.4) is 0 Å². The van der Waals surface area contributed by atoms with E-state index in [1.165, 1.54) is 6.42 Å². The molecule has 0 amide bonds. The van der Waals surface area contributed by atoms with Crippen molar-refractivity contribution in [3.63, 3.8) is 0 Å². The molecule has 1 aromatic carbocycles. The number of hydrogen-bond donors (Lipinski definition) is 0. The Morgan fingerprint density at radius 1 is 1.39 bits per heavy atom. The first-order chi connectivity index (χ1) is 8.60. The largest absolute Gasteiger partial charge is 0.497 e. The van der Waals surface area contributed by atoms with Crippen LogP contribution in [0.15, 0.2) is 18.2 Å². The van der Waals surface area contributed by atoms with Crippen LogP contribution < -0.4 is 4.74 Å². The third-order valence-electron chi connectivity index (χ3n) is 3.79. The molecule has 1 saturated carbocycles. The van der Waals surface area contributed by atoms with Gasteiger partial charge in [0.15, 0.2) is 0 Å². The van der Waals surface area contributed by atoms with Crippen LogP contribution in [0.2, 0.25) is 5.02 Å². The lowest BCUT2D eigenvalue weighted by Crippen LogP contribution is -2.39. The molecule has 0 N–H and O–H groups in total. The van der Waals surface area contributed by atoms with Crippen LogP contribution in [-0.4, -0.2) is 19.8 Å². The summed E-state index contributed by atoms with van der Waals surface area (Å²) in [6.45, 7) is 0. The van der Waals surface area contributed by atoms with Gasteiger partial charge >= 0.3 is 0 Å². The van der Waals surface area contributed by atoms with Crippen molar-refractivity contribution >= 4 is 27.5 Å². The van der Waals surface area contributed by atoms with E-state index in [2.05, 4.69) is 15.9 Å². The van der Waals surface area contributed by atoms with E-state index >= 15 is 0 Å². The van der Waals surface area contributed by atoms with Crippen molar-refractivity contribution in [3.05, 3.63) is 28.8 Å². The SMILES string of the molecule is COc1ccc(C(Br)CC2(OC)CCC2)c(Cl)c1. The maximum Gasteiger partial charge on any atom is 0.120 e. The summed E-state index contributed by atoms with van der Waals surface area (Å²) in [5.41, 5.74) is 1.14. The number of halogens is 2. The second-order valence-electron chi connectivity index (χ2n) is 4.80. The Kier molecular flexibility index (Phi) is 4.57. The van der Waals surface area contributed by atoms with Gasteiger partial charge in [0.2, 0.25) is 0 Å². The molecule has 0 radical (unpaired) electrons. The van der Waals surface area contributed by atoms with Gasteiger partial charge in [-0.2, -0.15) is 0 Å². The zero-order valence-electron chi connectivity index (χ0n) is 10.7. The van der Waals surface area contributed by atoms with Crippen molar-refractivity contribution in [3.8, 4) is 5.75 Å². The van der Waals surface area contributed by atoms with Gasteiger partial charge in [0, 0.05) is 17.0 Å². The molecule has 0 heterocycles. The molecular formula is C14H18BrClO2. The Morgan fingerprint density at radius 3 is 2.56 bits per heavy atom. The highest BCUT2D eigenvalue weighted by Gasteiger charge is 2.39. The van der Waals surface area contributed by atoms with Crippen LogP contribution in [0.25, 0.3) is 0 Å². The molecule has 0 saturated heterocycles. The summed E-state index contributed by atoms with van der Waals surface area (Å²) < 4.78 is 10.8. The minimum atomic E-state index is 0.0391. The van der Waals surface area contributed by atoms with E-state index in [4.69, 9.17) is 21.1 Å². The van der Waals surface area contributed by atoms with Gasteiger partial charge in [0.25, 0.3) is 0 Å². The van der Waals surface area contributed by atoms with Gasteiger partial charge in [-0.15, -0.1) is 0 Å². The van der Waals surface area contributed by atoms with Crippen LogP contribution in [0.4, 0.5) is 0 Å². The third kappa shape index (κ3) is 2.84. The van der Waals surface area contributed by atoms with Crippen LogP contribution >= 0.6 is 27.5 Å². The molecule has 100 valence electrons. The predicted molar refractivity (Wildman–Crippen MR) is 77.9 cm³/mol. The van der Waals surface area contributed by atoms with Gasteiger partial charge < -0.3 is 9.47 Å². The van der Waals surface area contributed by atoms with Crippen LogP contribution in [0.1, 0.15) is 36.1 Å². The van der Waals surface area contributed by atoms with Crippen LogP contribution in [0, 0.1) is 0 Å². The molecule has 4 heteroatoms. The average molecular weight is 334 g/mol. The monoisotopic (exact) mass is 332 g/mol. The molecule has 1 aliphatic carbocycles. The summed E-state index contributed by atoms with van der Waals surface area (Å²) in [5.74, 6) is 0.786. The first-order valence-corrected chi connectivity index (χ1v) is 7.42. The zero-order chi connectivity index (χ0) is 13.2. The Balaban J connectivity index is 2.11. The predicted octanol–water partition coefficient (Wildman–Crippen LogP) is 4.74. The molecule has 1 aliphatic rings. The fourth-order valence-electron chi connectivity index (χ4n) is 2.39. The lowest BCUT2D eigenvalue weighted by Gasteiger charge is -2.42. The van der Waals surface area contributed by atoms with E-state index in [0.717, 1.165) is 35.6 Å². The van der Waals surface area contributed by atoms with Gasteiger partial charge in [-0.3, -0.25) is 0 Å². The number of benzene rings is 1. The molecule has 1 aromatic rings. The number of ether oxygens (including phenoxy) is 2. The van der Waals surface area contributed by atoms with E-state index < -0.39 is 0 Å². The van der Waals surface area contributed by atoms with Gasteiger partial charge in [-0.1, -0.05) is 33.6 Å². The second kappa shape index (κ2) is 5.81. The van der Waals surface area contributed by atoms with Crippen molar-refractivity contribution in [2.24, 2.45) is 0 Å². The van der Waals surface area contributed by atoms with Crippen molar-refractivity contribution in [2.45, 2.75) is 36.1 Å². The quantitative estimate of drug-likeness (QED) is 0.724. The summed E-state index contributed by atoms with van der Waals surface area (Å²) in [5, 5.41) is 0.738. The number of hydrogen-bond acceptors (Lipinski definition) is 2. The fourth-order valence-corrected chi connectivity index (χ4v) is 3.81. The van der Waals surface area contributed by atoms with Crippen molar-refractivity contribution in [2.75, 3.05) is 14.2 Å². The zero-order valence-corrected chi connectivity index (χ0v) is 13.1. The molecular weight excluding hydrogens is 316 g/mol. The Labute approximate surface area is 122 Å². The summed E-state index contributed by atoms with van der Waals surface area (Å²) in [6, 6.07) is 5.81. The van der Waals surface area contributed by atoms with Gasteiger partial charge in [0.1, 0.15) is 5.75 Å². The van der Waals surface area contributed by atoms with Gasteiger partial charge in [0.05, 0.1) is 12.7 Å². The standard InChI is InChI=1S/C14H18BrClO2/c1-17-10-4-5-11(13(16)8-10)12(15)9-14(18-2)6-3-7-14/h4-5,8,12H,3,6-7,9H2,1-2H3. The summed E-state index contributed by atoms with van der Waals surface area (Å²) in [7, 11) is 3.44. The first kappa shape index (κ1) is 14.2. The number of alkyl halides is 1.